The van der Waals surface area contributed by atoms with Gasteiger partial charge < -0.3 is 4.74 Å². The van der Waals surface area contributed by atoms with Gasteiger partial charge in [-0.1, -0.05) is 23.7 Å². The molecule has 114 valence electrons. The number of hydrazine groups is 1. The fourth-order valence-electron chi connectivity index (χ4n) is 1.48. The van der Waals surface area contributed by atoms with Crippen LogP contribution in [0, 0.1) is 0 Å². The topological polar surface area (TPSA) is 84.5 Å². The van der Waals surface area contributed by atoms with E-state index in [4.69, 9.17) is 11.6 Å². The maximum atomic E-state index is 11.6. The third-order valence-corrected chi connectivity index (χ3v) is 2.73. The van der Waals surface area contributed by atoms with Crippen LogP contribution in [0.2, 0.25) is 5.02 Å². The molecule has 0 aromatic heterocycles. The van der Waals surface area contributed by atoms with Gasteiger partial charge in [-0.3, -0.25) is 25.2 Å². The lowest BCUT2D eigenvalue weighted by Crippen LogP contribution is -2.42. The van der Waals surface area contributed by atoms with E-state index in [0.717, 1.165) is 5.56 Å². The van der Waals surface area contributed by atoms with Gasteiger partial charge in [0, 0.05) is 11.4 Å². The quantitative estimate of drug-likeness (QED) is 0.614. The number of esters is 1. The minimum Gasteiger partial charge on any atom is -0.466 e. The zero-order valence-electron chi connectivity index (χ0n) is 11.6. The van der Waals surface area contributed by atoms with Gasteiger partial charge in [0.1, 0.15) is 0 Å². The van der Waals surface area contributed by atoms with E-state index >= 15 is 0 Å². The molecule has 0 fully saturated rings. The highest BCUT2D eigenvalue weighted by atomic mass is 35.5. The van der Waals surface area contributed by atoms with Crippen molar-refractivity contribution in [2.75, 3.05) is 6.61 Å². The monoisotopic (exact) mass is 312 g/mol. The maximum absolute atomic E-state index is 11.6. The van der Waals surface area contributed by atoms with Crippen molar-refractivity contribution in [1.82, 2.24) is 10.9 Å². The number of rotatable bonds is 6. The minimum absolute atomic E-state index is 0.0211. The fraction of sp³-hybridized carbons (Fsp3) is 0.357. The summed E-state index contributed by atoms with van der Waals surface area (Å²) in [5.74, 6) is -1.26. The first kappa shape index (κ1) is 17.0. The second-order valence-corrected chi connectivity index (χ2v) is 4.64. The zero-order chi connectivity index (χ0) is 15.7. The van der Waals surface area contributed by atoms with E-state index < -0.39 is 11.9 Å². The summed E-state index contributed by atoms with van der Waals surface area (Å²) < 4.78 is 4.69. The molecule has 1 rings (SSSR count). The number of carbonyl (C=O) groups excluding carboxylic acids is 3. The van der Waals surface area contributed by atoms with Gasteiger partial charge in [0.15, 0.2) is 0 Å². The van der Waals surface area contributed by atoms with Crippen molar-refractivity contribution < 1.29 is 19.1 Å². The van der Waals surface area contributed by atoms with Gasteiger partial charge in [-0.05, 0) is 24.6 Å². The molecule has 0 spiro atoms. The van der Waals surface area contributed by atoms with Crippen LogP contribution in [0.1, 0.15) is 25.3 Å². The second-order valence-electron chi connectivity index (χ2n) is 4.20. The Kier molecular flexibility index (Phi) is 7.25. The van der Waals surface area contributed by atoms with E-state index in [1.807, 2.05) is 0 Å². The van der Waals surface area contributed by atoms with Crippen molar-refractivity contribution in [1.29, 1.82) is 0 Å². The Labute approximate surface area is 127 Å². The number of halogens is 1. The lowest BCUT2D eigenvalue weighted by Gasteiger charge is -2.07. The average molecular weight is 313 g/mol. The lowest BCUT2D eigenvalue weighted by atomic mass is 10.1. The molecule has 2 N–H and O–H groups in total. The number of benzene rings is 1. The van der Waals surface area contributed by atoms with Gasteiger partial charge in [-0.15, -0.1) is 0 Å². The molecule has 0 bridgehead atoms. The second kappa shape index (κ2) is 8.97. The molecular weight excluding hydrogens is 296 g/mol. The fourth-order valence-corrected chi connectivity index (χ4v) is 1.61. The van der Waals surface area contributed by atoms with Gasteiger partial charge in [-0.2, -0.15) is 0 Å². The Morgan fingerprint density at radius 1 is 1.05 bits per heavy atom. The molecule has 0 saturated heterocycles. The average Bonchev–Trinajstić information content (AvgIpc) is 2.46. The lowest BCUT2D eigenvalue weighted by molar-refractivity contribution is -0.144. The maximum Gasteiger partial charge on any atom is 0.306 e. The highest BCUT2D eigenvalue weighted by Gasteiger charge is 2.09. The summed E-state index contributed by atoms with van der Waals surface area (Å²) in [4.78, 5) is 34.0. The number of amides is 2. The first-order valence-corrected chi connectivity index (χ1v) is 6.86. The number of ether oxygens (including phenoxy) is 1. The smallest absolute Gasteiger partial charge is 0.306 e. The molecule has 1 aromatic carbocycles. The SMILES string of the molecule is CCOC(=O)CCC(=O)NNC(=O)Cc1ccc(Cl)cc1. The molecule has 0 atom stereocenters. The molecule has 2 amide bonds. The van der Waals surface area contributed by atoms with Gasteiger partial charge in [0.05, 0.1) is 19.4 Å². The predicted octanol–water partition coefficient (Wildman–Crippen LogP) is 1.37. The molecule has 0 aliphatic heterocycles. The van der Waals surface area contributed by atoms with E-state index in [1.54, 1.807) is 31.2 Å². The molecule has 0 aliphatic rings. The molecule has 7 heteroatoms. The van der Waals surface area contributed by atoms with E-state index in [2.05, 4.69) is 15.6 Å². The van der Waals surface area contributed by atoms with Crippen LogP contribution >= 0.6 is 11.6 Å². The Balaban J connectivity index is 2.24. The summed E-state index contributed by atoms with van der Waals surface area (Å²) in [6.45, 7) is 1.97. The van der Waals surface area contributed by atoms with Crippen molar-refractivity contribution in [2.24, 2.45) is 0 Å². The van der Waals surface area contributed by atoms with Gasteiger partial charge in [-0.25, -0.2) is 0 Å². The van der Waals surface area contributed by atoms with Crippen molar-refractivity contribution in [2.45, 2.75) is 26.2 Å². The van der Waals surface area contributed by atoms with Crippen molar-refractivity contribution in [3.8, 4) is 0 Å². The number of carbonyl (C=O) groups is 3. The van der Waals surface area contributed by atoms with E-state index in [9.17, 15) is 14.4 Å². The minimum atomic E-state index is -0.451. The van der Waals surface area contributed by atoms with Crippen LogP contribution in [0.15, 0.2) is 24.3 Å². The summed E-state index contributed by atoms with van der Waals surface area (Å²) in [5.41, 5.74) is 5.29. The van der Waals surface area contributed by atoms with Crippen LogP contribution in [-0.2, 0) is 25.5 Å². The molecule has 0 unspecified atom stereocenters. The van der Waals surface area contributed by atoms with Gasteiger partial charge >= 0.3 is 5.97 Å². The summed E-state index contributed by atoms with van der Waals surface area (Å²) in [5, 5.41) is 0.589. The number of nitrogens with one attached hydrogen (secondary N) is 2. The van der Waals surface area contributed by atoms with Crippen molar-refractivity contribution in [3.05, 3.63) is 34.9 Å². The van der Waals surface area contributed by atoms with Crippen LogP contribution in [0.25, 0.3) is 0 Å². The van der Waals surface area contributed by atoms with Gasteiger partial charge in [0.2, 0.25) is 11.8 Å². The zero-order valence-corrected chi connectivity index (χ0v) is 12.4. The molecule has 6 nitrogen and oxygen atoms in total. The molecule has 0 aliphatic carbocycles. The van der Waals surface area contributed by atoms with E-state index in [1.165, 1.54) is 0 Å². The van der Waals surface area contributed by atoms with Crippen LogP contribution in [0.4, 0.5) is 0 Å². The molecule has 0 radical (unpaired) electrons. The summed E-state index contributed by atoms with van der Waals surface area (Å²) in [6, 6.07) is 6.82. The van der Waals surface area contributed by atoms with Crippen LogP contribution < -0.4 is 10.9 Å². The van der Waals surface area contributed by atoms with Crippen LogP contribution in [0.5, 0.6) is 0 Å². The molecular formula is C14H17ClN2O4. The molecule has 0 heterocycles. The first-order valence-electron chi connectivity index (χ1n) is 6.49. The highest BCUT2D eigenvalue weighted by molar-refractivity contribution is 6.30. The Bertz CT molecular complexity index is 502. The standard InChI is InChI=1S/C14H17ClN2O4/c1-2-21-14(20)8-7-12(18)16-17-13(19)9-10-3-5-11(15)6-4-10/h3-6H,2,7-9H2,1H3,(H,16,18)(H,17,19). The summed E-state index contributed by atoms with van der Waals surface area (Å²) in [7, 11) is 0. The summed E-state index contributed by atoms with van der Waals surface area (Å²) >= 11 is 5.74. The normalized spacial score (nSPS) is 9.81. The number of hydrogen-bond donors (Lipinski definition) is 2. The number of hydrogen-bond acceptors (Lipinski definition) is 4. The third-order valence-electron chi connectivity index (χ3n) is 2.48. The highest BCUT2D eigenvalue weighted by Crippen LogP contribution is 2.09. The van der Waals surface area contributed by atoms with Gasteiger partial charge in [0.25, 0.3) is 0 Å². The van der Waals surface area contributed by atoms with E-state index in [0.29, 0.717) is 5.02 Å². The van der Waals surface area contributed by atoms with Crippen LogP contribution in [-0.4, -0.2) is 24.4 Å². The van der Waals surface area contributed by atoms with Crippen molar-refractivity contribution in [3.63, 3.8) is 0 Å². The predicted molar refractivity (Wildman–Crippen MR) is 77.3 cm³/mol. The van der Waals surface area contributed by atoms with Crippen LogP contribution in [0.3, 0.4) is 0 Å². The molecule has 21 heavy (non-hydrogen) atoms. The Morgan fingerprint density at radius 2 is 1.67 bits per heavy atom. The van der Waals surface area contributed by atoms with Crippen molar-refractivity contribution >= 4 is 29.4 Å². The molecule has 0 saturated carbocycles. The summed E-state index contributed by atoms with van der Waals surface area (Å²) in [6.07, 6.45) is 0.0577. The third kappa shape index (κ3) is 7.31. The molecule has 1 aromatic rings. The van der Waals surface area contributed by atoms with E-state index in [-0.39, 0.29) is 31.8 Å². The Morgan fingerprint density at radius 3 is 2.29 bits per heavy atom. The first-order chi connectivity index (χ1) is 10.0. The Hall–Kier alpha value is -2.08. The largest absolute Gasteiger partial charge is 0.466 e.